The zero-order chi connectivity index (χ0) is 24.9. The number of aliphatic hydroxyl groups is 1. The minimum Gasteiger partial charge on any atom is -0.390 e. The van der Waals surface area contributed by atoms with Crippen LogP contribution in [0.1, 0.15) is 43.8 Å². The lowest BCUT2D eigenvalue weighted by Gasteiger charge is -2.23. The number of aromatic nitrogens is 6. The highest BCUT2D eigenvalue weighted by Gasteiger charge is 2.30. The number of imidazole rings is 1. The lowest BCUT2D eigenvalue weighted by molar-refractivity contribution is -0.119. The Bertz CT molecular complexity index is 1210. The van der Waals surface area contributed by atoms with Gasteiger partial charge in [-0.05, 0) is 41.5 Å². The molecule has 2 heterocycles. The summed E-state index contributed by atoms with van der Waals surface area (Å²) in [6, 6.07) is 5.31. The lowest BCUT2D eigenvalue weighted by Crippen LogP contribution is -2.43. The van der Waals surface area contributed by atoms with E-state index in [9.17, 15) is 18.3 Å². The fourth-order valence-electron chi connectivity index (χ4n) is 3.29. The summed E-state index contributed by atoms with van der Waals surface area (Å²) in [5, 5.41) is 25.1. The number of aryl methyl sites for hydroxylation is 1. The number of nitrogens with zero attached hydrogens (tertiary/aromatic N) is 6. The van der Waals surface area contributed by atoms with Gasteiger partial charge in [-0.15, -0.1) is 0 Å². The molecule has 0 spiro atoms. The Morgan fingerprint density at radius 3 is 2.62 bits per heavy atom. The van der Waals surface area contributed by atoms with Crippen LogP contribution in [0.5, 0.6) is 0 Å². The zero-order valence-corrected chi connectivity index (χ0v) is 20.6. The van der Waals surface area contributed by atoms with Crippen molar-refractivity contribution in [3.8, 4) is 0 Å². The van der Waals surface area contributed by atoms with Crippen molar-refractivity contribution in [2.75, 3.05) is 12.4 Å². The van der Waals surface area contributed by atoms with Gasteiger partial charge in [0, 0.05) is 20.0 Å². The zero-order valence-electron chi connectivity index (χ0n) is 19.1. The topological polar surface area (TPSA) is 159 Å². The quantitative estimate of drug-likeness (QED) is 0.350. The van der Waals surface area contributed by atoms with Crippen LogP contribution in [0.4, 0.5) is 5.95 Å². The van der Waals surface area contributed by atoms with E-state index in [0.29, 0.717) is 12.2 Å². The first-order valence-corrected chi connectivity index (χ1v) is 12.5. The Morgan fingerprint density at radius 2 is 2.03 bits per heavy atom. The molecule has 0 radical (unpaired) electrons. The van der Waals surface area contributed by atoms with Crippen LogP contribution in [-0.2, 0) is 34.4 Å². The van der Waals surface area contributed by atoms with Gasteiger partial charge in [0.15, 0.2) is 5.15 Å². The van der Waals surface area contributed by atoms with E-state index in [1.807, 2.05) is 4.57 Å². The van der Waals surface area contributed by atoms with E-state index in [4.69, 9.17) is 11.6 Å². The van der Waals surface area contributed by atoms with E-state index in [-0.39, 0.29) is 22.6 Å². The fraction of sp³-hybridized carbons (Fsp3) is 0.450. The number of H-pyrrole nitrogens is 1. The third-order valence-corrected chi connectivity index (χ3v) is 7.70. The Balaban J connectivity index is 1.76. The van der Waals surface area contributed by atoms with E-state index < -0.39 is 22.0 Å². The molecule has 1 unspecified atom stereocenters. The van der Waals surface area contributed by atoms with Crippen molar-refractivity contribution in [1.29, 1.82) is 0 Å². The maximum Gasteiger partial charge on any atom is 0.246 e. The average molecular weight is 511 g/mol. The van der Waals surface area contributed by atoms with Crippen LogP contribution in [0, 0.1) is 0 Å². The minimum atomic E-state index is -3.95. The minimum absolute atomic E-state index is 0.0205. The molecule has 0 saturated carbocycles. The predicted octanol–water partition coefficient (Wildman–Crippen LogP) is 1.58. The molecule has 184 valence electrons. The molecule has 0 bridgehead atoms. The van der Waals surface area contributed by atoms with Gasteiger partial charge in [-0.2, -0.15) is 4.31 Å². The van der Waals surface area contributed by atoms with Crippen LogP contribution in [0.2, 0.25) is 5.15 Å². The smallest absolute Gasteiger partial charge is 0.246 e. The van der Waals surface area contributed by atoms with Crippen LogP contribution >= 0.6 is 11.6 Å². The van der Waals surface area contributed by atoms with Crippen LogP contribution in [-0.4, -0.2) is 67.0 Å². The van der Waals surface area contributed by atoms with Gasteiger partial charge in [-0.25, -0.2) is 18.5 Å². The number of sulfonamides is 1. The average Bonchev–Trinajstić information content (AvgIpc) is 3.44. The van der Waals surface area contributed by atoms with Crippen molar-refractivity contribution in [2.45, 2.75) is 57.2 Å². The van der Waals surface area contributed by atoms with Gasteiger partial charge in [0.05, 0.1) is 17.2 Å². The largest absolute Gasteiger partial charge is 0.390 e. The second kappa shape index (κ2) is 11.0. The summed E-state index contributed by atoms with van der Waals surface area (Å²) in [7, 11) is -2.62. The number of likely N-dealkylation sites (N-methyl/N-ethyl adjacent to an activating group) is 1. The molecule has 0 saturated heterocycles. The fourth-order valence-corrected chi connectivity index (χ4v) is 4.87. The Morgan fingerprint density at radius 1 is 1.32 bits per heavy atom. The van der Waals surface area contributed by atoms with Gasteiger partial charge in [-0.3, -0.25) is 10.1 Å². The number of carbonyl (C=O) groups excluding carboxylic acids is 1. The summed E-state index contributed by atoms with van der Waals surface area (Å²) >= 11 is 6.19. The monoisotopic (exact) mass is 510 g/mol. The molecule has 1 aromatic carbocycles. The number of amides is 1. The molecule has 3 rings (SSSR count). The third-order valence-electron chi connectivity index (χ3n) is 5.46. The molecule has 0 aliphatic heterocycles. The van der Waals surface area contributed by atoms with Crippen molar-refractivity contribution in [2.24, 2.45) is 0 Å². The number of hydrogen-bond donors (Lipinski definition) is 3. The number of benzene rings is 1. The molecule has 1 amide bonds. The van der Waals surface area contributed by atoms with Crippen LogP contribution in [0.15, 0.2) is 29.2 Å². The van der Waals surface area contributed by atoms with Gasteiger partial charge in [-0.1, -0.05) is 42.2 Å². The lowest BCUT2D eigenvalue weighted by atomic mass is 10.2. The van der Waals surface area contributed by atoms with E-state index >= 15 is 0 Å². The second-order valence-electron chi connectivity index (χ2n) is 7.69. The number of tetrazole rings is 1. The van der Waals surface area contributed by atoms with Gasteiger partial charge >= 0.3 is 0 Å². The van der Waals surface area contributed by atoms with Gasteiger partial charge in [0.2, 0.25) is 21.9 Å². The first-order chi connectivity index (χ1) is 16.2. The number of anilines is 1. The van der Waals surface area contributed by atoms with Crippen LogP contribution in [0.25, 0.3) is 0 Å². The first-order valence-electron chi connectivity index (χ1n) is 10.6. The standard InChI is InChI=1S/C20H27ClN8O4S/c1-4-5-6-17-22-18(21)16(12-30)29(17)11-14-7-9-15(10-8-14)34(32,33)28(3)13(2)19(31)23-20-24-26-27-25-20/h7-10,13,30H,4-6,11-12H2,1-3H3,(H2,23,24,25,26,27,31). The highest BCUT2D eigenvalue weighted by atomic mass is 35.5. The van der Waals surface area contributed by atoms with Crippen LogP contribution < -0.4 is 5.32 Å². The number of unbranched alkanes of at least 4 members (excludes halogenated alkanes) is 1. The maximum absolute atomic E-state index is 13.1. The summed E-state index contributed by atoms with van der Waals surface area (Å²) in [5.41, 5.74) is 1.33. The van der Waals surface area contributed by atoms with E-state index in [2.05, 4.69) is 37.8 Å². The van der Waals surface area contributed by atoms with Crippen molar-refractivity contribution < 1.29 is 18.3 Å². The third kappa shape index (κ3) is 5.60. The Labute approximate surface area is 202 Å². The SMILES string of the molecule is CCCCc1nc(Cl)c(CO)n1Cc1ccc(S(=O)(=O)N(C)C(C)C(=O)Nc2nnn[nH]2)cc1. The van der Waals surface area contributed by atoms with Crippen molar-refractivity contribution in [1.82, 2.24) is 34.5 Å². The molecule has 0 fully saturated rings. The normalized spacial score (nSPS) is 12.8. The van der Waals surface area contributed by atoms with E-state index in [1.54, 1.807) is 12.1 Å². The number of aromatic amines is 1. The summed E-state index contributed by atoms with van der Waals surface area (Å²) in [6.45, 7) is 3.67. The van der Waals surface area contributed by atoms with Gasteiger partial charge < -0.3 is 9.67 Å². The Hall–Kier alpha value is -2.87. The van der Waals surface area contributed by atoms with E-state index in [0.717, 1.165) is 35.0 Å². The molecule has 34 heavy (non-hydrogen) atoms. The predicted molar refractivity (Wildman–Crippen MR) is 125 cm³/mol. The molecule has 3 aromatic rings. The summed E-state index contributed by atoms with van der Waals surface area (Å²) in [6.07, 6.45) is 2.64. The molecular formula is C20H27ClN8O4S. The molecule has 0 aliphatic rings. The summed E-state index contributed by atoms with van der Waals surface area (Å²) in [5.74, 6) is 0.204. The molecule has 0 aliphatic carbocycles. The maximum atomic E-state index is 13.1. The summed E-state index contributed by atoms with van der Waals surface area (Å²) in [4.78, 5) is 16.8. The van der Waals surface area contributed by atoms with Crippen LogP contribution in [0.3, 0.4) is 0 Å². The summed E-state index contributed by atoms with van der Waals surface area (Å²) < 4.78 is 29.0. The second-order valence-corrected chi connectivity index (χ2v) is 10.0. The Kier molecular flexibility index (Phi) is 8.36. The van der Waals surface area contributed by atoms with Gasteiger partial charge in [0.25, 0.3) is 0 Å². The molecule has 1 atom stereocenters. The van der Waals surface area contributed by atoms with Gasteiger partial charge in [0.1, 0.15) is 11.9 Å². The first kappa shape index (κ1) is 25.7. The molecular weight excluding hydrogens is 484 g/mol. The molecule has 2 aromatic heterocycles. The molecule has 14 heteroatoms. The number of rotatable bonds is 11. The van der Waals surface area contributed by atoms with Crippen molar-refractivity contribution >= 4 is 33.5 Å². The molecule has 3 N–H and O–H groups in total. The number of carbonyl (C=O) groups is 1. The number of halogens is 1. The molecule has 12 nitrogen and oxygen atoms in total. The van der Waals surface area contributed by atoms with Crippen molar-refractivity contribution in [3.05, 3.63) is 46.5 Å². The van der Waals surface area contributed by atoms with Crippen molar-refractivity contribution in [3.63, 3.8) is 0 Å². The number of nitrogens with one attached hydrogen (secondary N) is 2. The number of aliphatic hydroxyl groups excluding tert-OH is 1. The number of hydrogen-bond acceptors (Lipinski definition) is 8. The highest BCUT2D eigenvalue weighted by Crippen LogP contribution is 2.22. The highest BCUT2D eigenvalue weighted by molar-refractivity contribution is 7.89. The van der Waals surface area contributed by atoms with E-state index in [1.165, 1.54) is 26.1 Å².